The third kappa shape index (κ3) is 3.09. The van der Waals surface area contributed by atoms with Gasteiger partial charge < -0.3 is 9.88 Å². The lowest BCUT2D eigenvalue weighted by Gasteiger charge is -2.33. The van der Waals surface area contributed by atoms with Crippen LogP contribution in [0.25, 0.3) is 0 Å². The van der Waals surface area contributed by atoms with Crippen LogP contribution in [0.15, 0.2) is 6.33 Å². The lowest BCUT2D eigenvalue weighted by molar-refractivity contribution is 0.174. The van der Waals surface area contributed by atoms with Crippen LogP contribution in [0.3, 0.4) is 0 Å². The summed E-state index contributed by atoms with van der Waals surface area (Å²) in [5.41, 5.74) is 0. The van der Waals surface area contributed by atoms with E-state index in [2.05, 4.69) is 45.8 Å². The molecule has 0 aromatic carbocycles. The van der Waals surface area contributed by atoms with E-state index in [0.29, 0.717) is 12.0 Å². The van der Waals surface area contributed by atoms with E-state index in [4.69, 9.17) is 0 Å². The number of nitrogens with one attached hydrogen (secondary N) is 1. The van der Waals surface area contributed by atoms with Crippen LogP contribution in [0.4, 0.5) is 0 Å². The van der Waals surface area contributed by atoms with Crippen LogP contribution >= 0.6 is 0 Å². The minimum Gasteiger partial charge on any atom is -0.315 e. The van der Waals surface area contributed by atoms with Gasteiger partial charge in [0.1, 0.15) is 12.2 Å². The number of nitrogens with zero attached hydrogens (tertiary/aromatic N) is 4. The fourth-order valence-corrected chi connectivity index (χ4v) is 2.54. The molecule has 2 heterocycles. The molecule has 1 N–H and O–H groups in total. The van der Waals surface area contributed by atoms with E-state index in [1.165, 1.54) is 6.42 Å². The molecule has 102 valence electrons. The van der Waals surface area contributed by atoms with Gasteiger partial charge in [-0.2, -0.15) is 0 Å². The molecule has 1 aromatic rings. The molecule has 0 amide bonds. The second kappa shape index (κ2) is 6.29. The van der Waals surface area contributed by atoms with E-state index in [-0.39, 0.29) is 0 Å². The number of likely N-dealkylation sites (N-methyl/N-ethyl adjacent to an activating group) is 1. The van der Waals surface area contributed by atoms with Gasteiger partial charge in [-0.1, -0.05) is 27.2 Å². The molecule has 0 radical (unpaired) electrons. The van der Waals surface area contributed by atoms with Crippen molar-refractivity contribution in [3.63, 3.8) is 0 Å². The highest BCUT2D eigenvalue weighted by Crippen LogP contribution is 2.14. The molecule has 18 heavy (non-hydrogen) atoms. The fraction of sp³-hybridized carbons (Fsp3) is 0.846. The molecule has 5 heteroatoms. The maximum Gasteiger partial charge on any atom is 0.147 e. The standard InChI is InChI=1S/C13H25N5/c1-4-11(3)12(14-5-2)8-17-6-7-18-10-15-16-13(18)9-17/h10-12,14H,4-9H2,1-3H3. The van der Waals surface area contributed by atoms with Crippen LogP contribution in [0.2, 0.25) is 0 Å². The molecule has 0 fully saturated rings. The number of hydrogen-bond donors (Lipinski definition) is 1. The van der Waals surface area contributed by atoms with E-state index in [1.807, 2.05) is 6.33 Å². The fourth-order valence-electron chi connectivity index (χ4n) is 2.54. The normalized spacial score (nSPS) is 19.5. The van der Waals surface area contributed by atoms with Gasteiger partial charge in [0.2, 0.25) is 0 Å². The number of fused-ring (bicyclic) bond motifs is 1. The summed E-state index contributed by atoms with van der Waals surface area (Å²) in [4.78, 5) is 2.49. The Hall–Kier alpha value is -0.940. The monoisotopic (exact) mass is 251 g/mol. The van der Waals surface area contributed by atoms with E-state index in [1.54, 1.807) is 0 Å². The summed E-state index contributed by atoms with van der Waals surface area (Å²) in [5.74, 6) is 1.81. The highest BCUT2D eigenvalue weighted by molar-refractivity contribution is 4.91. The summed E-state index contributed by atoms with van der Waals surface area (Å²) in [7, 11) is 0. The molecule has 2 rings (SSSR count). The van der Waals surface area contributed by atoms with Crippen molar-refractivity contribution in [2.45, 2.75) is 46.3 Å². The molecule has 0 spiro atoms. The molecule has 5 nitrogen and oxygen atoms in total. The Labute approximate surface area is 110 Å². The van der Waals surface area contributed by atoms with E-state index < -0.39 is 0 Å². The Kier molecular flexibility index (Phi) is 4.72. The highest BCUT2D eigenvalue weighted by atomic mass is 15.3. The third-order valence-corrected chi connectivity index (χ3v) is 3.97. The van der Waals surface area contributed by atoms with Gasteiger partial charge >= 0.3 is 0 Å². The molecule has 1 aliphatic rings. The van der Waals surface area contributed by atoms with Gasteiger partial charge in [0, 0.05) is 25.7 Å². The first-order valence-electron chi connectivity index (χ1n) is 7.07. The van der Waals surface area contributed by atoms with Crippen molar-refractivity contribution in [1.29, 1.82) is 0 Å². The van der Waals surface area contributed by atoms with Gasteiger partial charge in [-0.15, -0.1) is 10.2 Å². The SMILES string of the molecule is CCNC(CN1CCn2cnnc2C1)C(C)CC. The Morgan fingerprint density at radius 1 is 1.39 bits per heavy atom. The Morgan fingerprint density at radius 3 is 2.94 bits per heavy atom. The first-order chi connectivity index (χ1) is 8.74. The summed E-state index contributed by atoms with van der Waals surface area (Å²) in [5, 5.41) is 11.8. The van der Waals surface area contributed by atoms with Crippen LogP contribution in [0.5, 0.6) is 0 Å². The zero-order valence-electron chi connectivity index (χ0n) is 11.8. The van der Waals surface area contributed by atoms with E-state index in [0.717, 1.165) is 38.5 Å². The van der Waals surface area contributed by atoms with Crippen molar-refractivity contribution in [1.82, 2.24) is 25.0 Å². The first kappa shape index (κ1) is 13.5. The maximum atomic E-state index is 4.18. The second-order valence-corrected chi connectivity index (χ2v) is 5.23. The van der Waals surface area contributed by atoms with Gasteiger partial charge in [-0.25, -0.2) is 0 Å². The van der Waals surface area contributed by atoms with Crippen molar-refractivity contribution in [2.75, 3.05) is 19.6 Å². The smallest absolute Gasteiger partial charge is 0.147 e. The Morgan fingerprint density at radius 2 is 2.22 bits per heavy atom. The average Bonchev–Trinajstić information content (AvgIpc) is 2.84. The number of hydrogen-bond acceptors (Lipinski definition) is 4. The predicted molar refractivity (Wildman–Crippen MR) is 72.2 cm³/mol. The van der Waals surface area contributed by atoms with Gasteiger partial charge in [-0.3, -0.25) is 4.90 Å². The largest absolute Gasteiger partial charge is 0.315 e. The summed E-state index contributed by atoms with van der Waals surface area (Å²) >= 11 is 0. The lowest BCUT2D eigenvalue weighted by atomic mass is 9.98. The van der Waals surface area contributed by atoms with Crippen molar-refractivity contribution < 1.29 is 0 Å². The van der Waals surface area contributed by atoms with E-state index >= 15 is 0 Å². The van der Waals surface area contributed by atoms with Gasteiger partial charge in [0.15, 0.2) is 0 Å². The summed E-state index contributed by atoms with van der Waals surface area (Å²) in [6, 6.07) is 0.578. The average molecular weight is 251 g/mol. The van der Waals surface area contributed by atoms with Crippen molar-refractivity contribution >= 4 is 0 Å². The summed E-state index contributed by atoms with van der Waals surface area (Å²) in [6.45, 7) is 12.0. The molecular weight excluding hydrogens is 226 g/mol. The van der Waals surface area contributed by atoms with Gasteiger partial charge in [0.25, 0.3) is 0 Å². The van der Waals surface area contributed by atoms with Crippen molar-refractivity contribution in [3.05, 3.63) is 12.2 Å². The summed E-state index contributed by atoms with van der Waals surface area (Å²) in [6.07, 6.45) is 3.06. The first-order valence-corrected chi connectivity index (χ1v) is 7.07. The molecule has 2 unspecified atom stereocenters. The third-order valence-electron chi connectivity index (χ3n) is 3.97. The lowest BCUT2D eigenvalue weighted by Crippen LogP contribution is -2.47. The molecule has 1 aromatic heterocycles. The summed E-state index contributed by atoms with van der Waals surface area (Å²) < 4.78 is 2.15. The predicted octanol–water partition coefficient (Wildman–Crippen LogP) is 1.12. The zero-order chi connectivity index (χ0) is 13.0. The van der Waals surface area contributed by atoms with Gasteiger partial charge in [0.05, 0.1) is 6.54 Å². The van der Waals surface area contributed by atoms with Gasteiger partial charge in [-0.05, 0) is 12.5 Å². The molecule has 0 saturated heterocycles. The van der Waals surface area contributed by atoms with Crippen LogP contribution in [0, 0.1) is 5.92 Å². The number of aromatic nitrogens is 3. The van der Waals surface area contributed by atoms with Crippen molar-refractivity contribution in [2.24, 2.45) is 5.92 Å². The maximum absolute atomic E-state index is 4.18. The second-order valence-electron chi connectivity index (χ2n) is 5.23. The minimum absolute atomic E-state index is 0.578. The van der Waals surface area contributed by atoms with Crippen molar-refractivity contribution in [3.8, 4) is 0 Å². The van der Waals surface area contributed by atoms with Crippen LogP contribution in [0.1, 0.15) is 33.0 Å². The Balaban J connectivity index is 1.92. The Bertz CT molecular complexity index is 362. The zero-order valence-corrected chi connectivity index (χ0v) is 11.8. The highest BCUT2D eigenvalue weighted by Gasteiger charge is 2.22. The van der Waals surface area contributed by atoms with Crippen LogP contribution < -0.4 is 5.32 Å². The molecule has 0 bridgehead atoms. The molecule has 0 saturated carbocycles. The quantitative estimate of drug-likeness (QED) is 0.823. The number of rotatable bonds is 6. The van der Waals surface area contributed by atoms with Crippen LogP contribution in [-0.4, -0.2) is 45.3 Å². The van der Waals surface area contributed by atoms with E-state index in [9.17, 15) is 0 Å². The molecule has 0 aliphatic carbocycles. The molecule has 2 atom stereocenters. The minimum atomic E-state index is 0.578. The molecular formula is C13H25N5. The topological polar surface area (TPSA) is 46.0 Å². The molecule has 1 aliphatic heterocycles. The van der Waals surface area contributed by atoms with Crippen LogP contribution in [-0.2, 0) is 13.1 Å².